The van der Waals surface area contributed by atoms with Crippen LogP contribution in [0.5, 0.6) is 5.75 Å². The fraction of sp³-hybridized carbons (Fsp3) is 0.222. The van der Waals surface area contributed by atoms with Crippen molar-refractivity contribution in [3.05, 3.63) is 27.8 Å². The third-order valence-corrected chi connectivity index (χ3v) is 3.28. The molecule has 0 N–H and O–H groups in total. The number of benzene rings is 1. The van der Waals surface area contributed by atoms with Gasteiger partial charge in [-0.2, -0.15) is 5.26 Å². The normalized spacial score (nSPS) is 10.7. The van der Waals surface area contributed by atoms with Gasteiger partial charge in [0.2, 0.25) is 0 Å². The lowest BCUT2D eigenvalue weighted by atomic mass is 10.2. The van der Waals surface area contributed by atoms with E-state index in [9.17, 15) is 18.5 Å². The van der Waals surface area contributed by atoms with E-state index in [0.29, 0.717) is 0 Å². The molecular formula is C9H7ClN2O5S. The van der Waals surface area contributed by atoms with Gasteiger partial charge in [-0.25, -0.2) is 8.42 Å². The number of nitrogens with zero attached hydrogens (tertiary/aromatic N) is 2. The smallest absolute Gasteiger partial charge is 0.292 e. The second-order valence-electron chi connectivity index (χ2n) is 3.06. The van der Waals surface area contributed by atoms with E-state index in [0.717, 1.165) is 12.1 Å². The maximum Gasteiger partial charge on any atom is 0.292 e. The first-order valence-corrected chi connectivity index (χ1v) is 6.92. The SMILES string of the molecule is CCOc1cc(S(=O)(=O)Cl)cc([N+](=O)[O-])c1C#N. The Morgan fingerprint density at radius 2 is 2.17 bits per heavy atom. The number of nitro benzene ring substituents is 1. The Hall–Kier alpha value is -1.85. The minimum absolute atomic E-state index is 0.123. The summed E-state index contributed by atoms with van der Waals surface area (Å²) in [7, 11) is 0.968. The van der Waals surface area contributed by atoms with Crippen molar-refractivity contribution in [1.82, 2.24) is 0 Å². The predicted molar refractivity (Wildman–Crippen MR) is 62.0 cm³/mol. The number of halogens is 1. The summed E-state index contributed by atoms with van der Waals surface area (Å²) in [4.78, 5) is 9.42. The highest BCUT2D eigenvalue weighted by atomic mass is 35.7. The van der Waals surface area contributed by atoms with Crippen LogP contribution in [0.2, 0.25) is 0 Å². The molecule has 0 radical (unpaired) electrons. The zero-order valence-corrected chi connectivity index (χ0v) is 10.7. The fourth-order valence-corrected chi connectivity index (χ4v) is 2.01. The van der Waals surface area contributed by atoms with Crippen molar-refractivity contribution in [2.75, 3.05) is 6.61 Å². The molecule has 18 heavy (non-hydrogen) atoms. The number of hydrogen-bond acceptors (Lipinski definition) is 6. The number of rotatable bonds is 4. The quantitative estimate of drug-likeness (QED) is 0.475. The Balaban J connectivity index is 3.66. The van der Waals surface area contributed by atoms with Gasteiger partial charge in [-0.1, -0.05) is 0 Å². The van der Waals surface area contributed by atoms with Crippen molar-refractivity contribution in [2.24, 2.45) is 0 Å². The minimum Gasteiger partial charge on any atom is -0.492 e. The van der Waals surface area contributed by atoms with E-state index < -0.39 is 24.6 Å². The fourth-order valence-electron chi connectivity index (χ4n) is 1.24. The summed E-state index contributed by atoms with van der Waals surface area (Å²) in [5, 5.41) is 19.6. The number of nitro groups is 1. The molecule has 1 rings (SSSR count). The average Bonchev–Trinajstić information content (AvgIpc) is 2.27. The first-order chi connectivity index (χ1) is 8.31. The molecule has 0 aliphatic carbocycles. The molecule has 0 spiro atoms. The molecule has 0 saturated carbocycles. The third-order valence-electron chi connectivity index (χ3n) is 1.94. The molecule has 0 amide bonds. The van der Waals surface area contributed by atoms with Crippen LogP contribution >= 0.6 is 10.7 Å². The van der Waals surface area contributed by atoms with Crippen molar-refractivity contribution in [3.8, 4) is 11.8 Å². The van der Waals surface area contributed by atoms with Gasteiger partial charge in [0.05, 0.1) is 16.4 Å². The summed E-state index contributed by atoms with van der Waals surface area (Å²) in [6.07, 6.45) is 0. The van der Waals surface area contributed by atoms with E-state index in [1.807, 2.05) is 0 Å². The van der Waals surface area contributed by atoms with Crippen LogP contribution < -0.4 is 4.74 Å². The van der Waals surface area contributed by atoms with Gasteiger partial charge in [0.1, 0.15) is 11.8 Å². The van der Waals surface area contributed by atoms with Crippen LogP contribution in [0.4, 0.5) is 5.69 Å². The highest BCUT2D eigenvalue weighted by Gasteiger charge is 2.24. The first-order valence-electron chi connectivity index (χ1n) is 4.61. The van der Waals surface area contributed by atoms with Crippen molar-refractivity contribution < 1.29 is 18.1 Å². The van der Waals surface area contributed by atoms with Crippen LogP contribution in [-0.4, -0.2) is 19.9 Å². The molecule has 0 aromatic heterocycles. The van der Waals surface area contributed by atoms with Gasteiger partial charge in [0.15, 0.2) is 5.56 Å². The molecule has 0 heterocycles. The maximum atomic E-state index is 11.2. The molecule has 0 atom stereocenters. The Morgan fingerprint density at radius 1 is 1.56 bits per heavy atom. The molecule has 0 aliphatic heterocycles. The van der Waals surface area contributed by atoms with Gasteiger partial charge < -0.3 is 4.74 Å². The topological polar surface area (TPSA) is 110 Å². The van der Waals surface area contributed by atoms with Crippen molar-refractivity contribution in [1.29, 1.82) is 5.26 Å². The zero-order chi connectivity index (χ0) is 13.9. The van der Waals surface area contributed by atoms with Crippen LogP contribution in [0.3, 0.4) is 0 Å². The second-order valence-corrected chi connectivity index (χ2v) is 5.62. The van der Waals surface area contributed by atoms with Gasteiger partial charge in [0.25, 0.3) is 14.7 Å². The van der Waals surface area contributed by atoms with E-state index in [-0.39, 0.29) is 17.9 Å². The molecule has 1 aromatic rings. The van der Waals surface area contributed by atoms with Crippen LogP contribution in [0.15, 0.2) is 17.0 Å². The summed E-state index contributed by atoms with van der Waals surface area (Å²) in [6.45, 7) is 1.71. The van der Waals surface area contributed by atoms with Gasteiger partial charge in [-0.15, -0.1) is 0 Å². The van der Waals surface area contributed by atoms with Gasteiger partial charge in [-0.3, -0.25) is 10.1 Å². The standard InChI is InChI=1S/C9H7ClN2O5S/c1-2-17-9-4-6(18(10,15)16)3-8(12(13)14)7(9)5-11/h3-4H,2H2,1H3. The highest BCUT2D eigenvalue weighted by Crippen LogP contribution is 2.32. The lowest BCUT2D eigenvalue weighted by molar-refractivity contribution is -0.385. The molecule has 9 heteroatoms. The van der Waals surface area contributed by atoms with Crippen LogP contribution in [0.1, 0.15) is 12.5 Å². The average molecular weight is 291 g/mol. The van der Waals surface area contributed by atoms with Gasteiger partial charge >= 0.3 is 0 Å². The summed E-state index contributed by atoms with van der Waals surface area (Å²) >= 11 is 0. The van der Waals surface area contributed by atoms with Crippen molar-refractivity contribution in [2.45, 2.75) is 11.8 Å². The third kappa shape index (κ3) is 2.88. The Bertz CT molecular complexity index is 635. The molecule has 0 aliphatic rings. The molecule has 0 fully saturated rings. The maximum absolute atomic E-state index is 11.2. The number of nitriles is 1. The molecule has 0 bridgehead atoms. The Labute approximate surface area is 107 Å². The molecule has 0 saturated heterocycles. The summed E-state index contributed by atoms with van der Waals surface area (Å²) < 4.78 is 27.3. The lowest BCUT2D eigenvalue weighted by Crippen LogP contribution is -2.02. The number of ether oxygens (including phenoxy) is 1. The second kappa shape index (κ2) is 5.20. The molecule has 7 nitrogen and oxygen atoms in total. The summed E-state index contributed by atoms with van der Waals surface area (Å²) in [5.41, 5.74) is -1.01. The Kier molecular flexibility index (Phi) is 4.11. The predicted octanol–water partition coefficient (Wildman–Crippen LogP) is 1.79. The first kappa shape index (κ1) is 14.2. The molecule has 96 valence electrons. The van der Waals surface area contributed by atoms with E-state index in [1.54, 1.807) is 13.0 Å². The molecular weight excluding hydrogens is 284 g/mol. The van der Waals surface area contributed by atoms with Gasteiger partial charge in [0, 0.05) is 22.8 Å². The van der Waals surface area contributed by atoms with E-state index >= 15 is 0 Å². The Morgan fingerprint density at radius 3 is 2.56 bits per heavy atom. The molecule has 1 aromatic carbocycles. The van der Waals surface area contributed by atoms with E-state index in [1.165, 1.54) is 0 Å². The largest absolute Gasteiger partial charge is 0.492 e. The highest BCUT2D eigenvalue weighted by molar-refractivity contribution is 8.13. The van der Waals surface area contributed by atoms with Crippen molar-refractivity contribution in [3.63, 3.8) is 0 Å². The lowest BCUT2D eigenvalue weighted by Gasteiger charge is -2.07. The van der Waals surface area contributed by atoms with E-state index in [4.69, 9.17) is 20.7 Å². The summed E-state index contributed by atoms with van der Waals surface area (Å²) in [6, 6.07) is 3.31. The molecule has 0 unspecified atom stereocenters. The zero-order valence-electron chi connectivity index (χ0n) is 9.08. The monoisotopic (exact) mass is 290 g/mol. The van der Waals surface area contributed by atoms with Crippen molar-refractivity contribution >= 4 is 25.4 Å². The van der Waals surface area contributed by atoms with E-state index in [2.05, 4.69) is 0 Å². The number of hydrogen-bond donors (Lipinski definition) is 0. The summed E-state index contributed by atoms with van der Waals surface area (Å²) in [5.74, 6) is -0.187. The van der Waals surface area contributed by atoms with Crippen LogP contribution in [0, 0.1) is 21.4 Å². The van der Waals surface area contributed by atoms with Gasteiger partial charge in [-0.05, 0) is 6.92 Å². The van der Waals surface area contributed by atoms with Crippen LogP contribution in [0.25, 0.3) is 0 Å². The van der Waals surface area contributed by atoms with Crippen LogP contribution in [-0.2, 0) is 9.05 Å². The minimum atomic E-state index is -4.15.